The van der Waals surface area contributed by atoms with Gasteiger partial charge in [0, 0.05) is 45.1 Å². The molecule has 1 aromatic carbocycles. The van der Waals surface area contributed by atoms with Gasteiger partial charge in [-0.1, -0.05) is 5.10 Å². The van der Waals surface area contributed by atoms with Crippen LogP contribution >= 0.6 is 0 Å². The van der Waals surface area contributed by atoms with Crippen LogP contribution < -0.4 is 5.32 Å². The second kappa shape index (κ2) is 11.3. The predicted octanol–water partition coefficient (Wildman–Crippen LogP) is 2.05. The molecule has 13 heteroatoms. The summed E-state index contributed by atoms with van der Waals surface area (Å²) in [6.07, 6.45) is 1.62. The lowest BCUT2D eigenvalue weighted by atomic mass is 10.2. The van der Waals surface area contributed by atoms with Gasteiger partial charge < -0.3 is 13.9 Å². The first-order chi connectivity index (χ1) is 16.3. The molecule has 0 atom stereocenters. The average Bonchev–Trinajstić information content (AvgIpc) is 3.48. The maximum atomic E-state index is 13.0. The molecule has 1 amide bonds. The molecule has 0 aliphatic carbocycles. The van der Waals surface area contributed by atoms with Crippen molar-refractivity contribution in [1.29, 1.82) is 0 Å². The van der Waals surface area contributed by atoms with Crippen molar-refractivity contribution in [1.82, 2.24) is 24.3 Å². The van der Waals surface area contributed by atoms with E-state index < -0.39 is 15.9 Å². The van der Waals surface area contributed by atoms with E-state index in [9.17, 15) is 13.2 Å². The van der Waals surface area contributed by atoms with Gasteiger partial charge in [0.2, 0.25) is 10.0 Å². The van der Waals surface area contributed by atoms with Crippen molar-refractivity contribution >= 4 is 21.9 Å². The molecule has 2 heterocycles. The highest BCUT2D eigenvalue weighted by molar-refractivity contribution is 7.89. The highest BCUT2D eigenvalue weighted by Gasteiger charge is 2.24. The Balaban J connectivity index is 1.71. The van der Waals surface area contributed by atoms with Crippen LogP contribution in [0.4, 0.5) is 6.01 Å². The van der Waals surface area contributed by atoms with Crippen LogP contribution in [0.3, 0.4) is 0 Å². The standard InChI is InChI=1S/C21H28N6O6S/c1-15(2)27-18(9-10-22-27)20-24-25-21(33-20)23-19(28)16-5-7-17(8-6-16)34(29,30)26(11-13-31-3)12-14-32-4/h5-10,15H,11-14H2,1-4H3,(H,23,25,28). The molecule has 0 aliphatic rings. The lowest BCUT2D eigenvalue weighted by Gasteiger charge is -2.21. The van der Waals surface area contributed by atoms with Crippen LogP contribution in [0.25, 0.3) is 11.6 Å². The molecule has 0 bridgehead atoms. The predicted molar refractivity (Wildman–Crippen MR) is 123 cm³/mol. The number of sulfonamides is 1. The van der Waals surface area contributed by atoms with E-state index in [-0.39, 0.29) is 54.7 Å². The van der Waals surface area contributed by atoms with Gasteiger partial charge in [0.05, 0.1) is 18.1 Å². The van der Waals surface area contributed by atoms with Crippen molar-refractivity contribution < 1.29 is 27.1 Å². The molecular formula is C21H28N6O6S. The van der Waals surface area contributed by atoms with E-state index in [0.717, 1.165) is 0 Å². The molecule has 3 rings (SSSR count). The minimum absolute atomic E-state index is 0.0540. The first kappa shape index (κ1) is 25.5. The van der Waals surface area contributed by atoms with Crippen molar-refractivity contribution in [2.45, 2.75) is 24.8 Å². The number of nitrogens with one attached hydrogen (secondary N) is 1. The SMILES string of the molecule is COCCN(CCOC)S(=O)(=O)c1ccc(C(=O)Nc2nnc(-c3ccnn3C(C)C)o2)cc1. The van der Waals surface area contributed by atoms with Crippen molar-refractivity contribution in [3.63, 3.8) is 0 Å². The summed E-state index contributed by atoms with van der Waals surface area (Å²) in [6, 6.07) is 7.31. The van der Waals surface area contributed by atoms with Crippen molar-refractivity contribution in [2.75, 3.05) is 45.8 Å². The van der Waals surface area contributed by atoms with Crippen LogP contribution in [0.1, 0.15) is 30.2 Å². The maximum absolute atomic E-state index is 13.0. The number of carbonyl (C=O) groups excluding carboxylic acids is 1. The van der Waals surface area contributed by atoms with Gasteiger partial charge in [-0.2, -0.15) is 9.40 Å². The van der Waals surface area contributed by atoms with Gasteiger partial charge in [-0.3, -0.25) is 14.8 Å². The van der Waals surface area contributed by atoms with Crippen LogP contribution in [0.2, 0.25) is 0 Å². The number of hydrogen-bond donors (Lipinski definition) is 1. The Morgan fingerprint density at radius 3 is 2.32 bits per heavy atom. The van der Waals surface area contributed by atoms with E-state index in [0.29, 0.717) is 5.69 Å². The number of nitrogens with zero attached hydrogens (tertiary/aromatic N) is 5. The fraction of sp³-hybridized carbons (Fsp3) is 0.429. The molecule has 0 saturated carbocycles. The monoisotopic (exact) mass is 492 g/mol. The Kier molecular flexibility index (Phi) is 8.50. The second-order valence-corrected chi connectivity index (χ2v) is 9.47. The number of aromatic nitrogens is 4. The number of amides is 1. The molecule has 0 fully saturated rings. The lowest BCUT2D eigenvalue weighted by Crippen LogP contribution is -2.36. The first-order valence-corrected chi connectivity index (χ1v) is 12.0. The maximum Gasteiger partial charge on any atom is 0.322 e. The highest BCUT2D eigenvalue weighted by Crippen LogP contribution is 2.23. The summed E-state index contributed by atoms with van der Waals surface area (Å²) in [7, 11) is -0.788. The molecule has 3 aromatic rings. The molecule has 0 spiro atoms. The summed E-state index contributed by atoms with van der Waals surface area (Å²) in [6.45, 7) is 4.78. The molecule has 0 radical (unpaired) electrons. The minimum atomic E-state index is -3.79. The number of rotatable bonds is 12. The summed E-state index contributed by atoms with van der Waals surface area (Å²) in [5, 5.41) is 14.6. The van der Waals surface area contributed by atoms with E-state index in [2.05, 4.69) is 20.6 Å². The third-order valence-electron chi connectivity index (χ3n) is 4.87. The molecule has 12 nitrogen and oxygen atoms in total. The summed E-state index contributed by atoms with van der Waals surface area (Å²) in [5.41, 5.74) is 0.857. The number of hydrogen-bond acceptors (Lipinski definition) is 9. The third-order valence-corrected chi connectivity index (χ3v) is 6.78. The van der Waals surface area contributed by atoms with Gasteiger partial charge in [-0.05, 0) is 44.2 Å². The smallest absolute Gasteiger partial charge is 0.322 e. The lowest BCUT2D eigenvalue weighted by molar-refractivity contribution is 0.102. The van der Waals surface area contributed by atoms with E-state index in [4.69, 9.17) is 13.9 Å². The highest BCUT2D eigenvalue weighted by atomic mass is 32.2. The number of benzene rings is 1. The molecular weight excluding hydrogens is 464 g/mol. The number of methoxy groups -OCH3 is 2. The van der Waals surface area contributed by atoms with Crippen LogP contribution in [0, 0.1) is 0 Å². The number of ether oxygens (including phenoxy) is 2. The van der Waals surface area contributed by atoms with Gasteiger partial charge >= 0.3 is 6.01 Å². The van der Waals surface area contributed by atoms with Gasteiger partial charge in [0.25, 0.3) is 11.8 Å². The molecule has 1 N–H and O–H groups in total. The summed E-state index contributed by atoms with van der Waals surface area (Å²) >= 11 is 0. The zero-order valence-corrected chi connectivity index (χ0v) is 20.3. The Hall–Kier alpha value is -3.13. The van der Waals surface area contributed by atoms with Crippen molar-refractivity contribution in [2.24, 2.45) is 0 Å². The van der Waals surface area contributed by atoms with Gasteiger partial charge in [0.1, 0.15) is 5.69 Å². The fourth-order valence-corrected chi connectivity index (χ4v) is 4.52. The molecule has 0 unspecified atom stereocenters. The van der Waals surface area contributed by atoms with Crippen LogP contribution in [0.15, 0.2) is 45.8 Å². The van der Waals surface area contributed by atoms with Crippen molar-refractivity contribution in [3.8, 4) is 11.6 Å². The first-order valence-electron chi connectivity index (χ1n) is 10.5. The van der Waals surface area contributed by atoms with E-state index >= 15 is 0 Å². The van der Waals surface area contributed by atoms with Crippen molar-refractivity contribution in [3.05, 3.63) is 42.1 Å². The quantitative estimate of drug-likeness (QED) is 0.402. The second-order valence-electron chi connectivity index (χ2n) is 7.54. The van der Waals surface area contributed by atoms with Crippen LogP contribution in [0.5, 0.6) is 0 Å². The topological polar surface area (TPSA) is 142 Å². The summed E-state index contributed by atoms with van der Waals surface area (Å²) in [5.74, 6) is -0.303. The van der Waals surface area contributed by atoms with Crippen LogP contribution in [-0.4, -0.2) is 79.1 Å². The largest absolute Gasteiger partial charge is 0.401 e. The zero-order valence-electron chi connectivity index (χ0n) is 19.5. The number of carbonyl (C=O) groups is 1. The molecule has 34 heavy (non-hydrogen) atoms. The molecule has 2 aromatic heterocycles. The third kappa shape index (κ3) is 5.86. The zero-order chi connectivity index (χ0) is 24.7. The van der Waals surface area contributed by atoms with E-state index in [1.54, 1.807) is 16.9 Å². The Morgan fingerprint density at radius 1 is 1.09 bits per heavy atom. The Bertz CT molecular complexity index is 1180. The van der Waals surface area contributed by atoms with Crippen LogP contribution in [-0.2, 0) is 19.5 Å². The Morgan fingerprint density at radius 2 is 1.74 bits per heavy atom. The molecule has 184 valence electrons. The Labute approximate surface area is 197 Å². The van der Waals surface area contributed by atoms with E-state index in [1.807, 2.05) is 13.8 Å². The van der Waals surface area contributed by atoms with Gasteiger partial charge in [-0.15, -0.1) is 5.10 Å². The minimum Gasteiger partial charge on any atom is -0.401 e. The molecule has 0 saturated heterocycles. The summed E-state index contributed by atoms with van der Waals surface area (Å²) in [4.78, 5) is 12.7. The molecule has 0 aliphatic heterocycles. The number of anilines is 1. The normalized spacial score (nSPS) is 11.9. The van der Waals surface area contributed by atoms with E-state index in [1.165, 1.54) is 42.8 Å². The fourth-order valence-electron chi connectivity index (χ4n) is 3.11. The summed E-state index contributed by atoms with van der Waals surface area (Å²) < 4.78 is 44.5. The van der Waals surface area contributed by atoms with Gasteiger partial charge in [-0.25, -0.2) is 8.42 Å². The van der Waals surface area contributed by atoms with Gasteiger partial charge in [0.15, 0.2) is 0 Å². The average molecular weight is 493 g/mol.